The summed E-state index contributed by atoms with van der Waals surface area (Å²) >= 11 is 0. The summed E-state index contributed by atoms with van der Waals surface area (Å²) in [5, 5.41) is 0. The van der Waals surface area contributed by atoms with Gasteiger partial charge < -0.3 is 33.5 Å². The molecule has 1 aliphatic heterocycles. The Kier molecular flexibility index (Phi) is 4.01. The van der Waals surface area contributed by atoms with E-state index in [1.54, 1.807) is 12.5 Å². The highest BCUT2D eigenvalue weighted by Crippen LogP contribution is 2.20. The molecule has 0 spiro atoms. The fourth-order valence-corrected chi connectivity index (χ4v) is 1.20. The summed E-state index contributed by atoms with van der Waals surface area (Å²) in [6.07, 6.45) is 5.22. The molecule has 72 valence electrons. The molecule has 1 saturated heterocycles. The van der Waals surface area contributed by atoms with Gasteiger partial charge in [0.2, 0.25) is 0 Å². The number of ether oxygens (including phenoxy) is 2. The first kappa shape index (κ1) is 10.8. The molecular weight excluding hydrogens is 283 g/mol. The van der Waals surface area contributed by atoms with Crippen molar-refractivity contribution in [3.63, 3.8) is 0 Å². The second kappa shape index (κ2) is 4.83. The monoisotopic (exact) mass is 294 g/mol. The van der Waals surface area contributed by atoms with Crippen molar-refractivity contribution in [1.82, 2.24) is 4.98 Å². The molecule has 0 amide bonds. The van der Waals surface area contributed by atoms with E-state index in [0.717, 1.165) is 5.56 Å². The quantitative estimate of drug-likeness (QED) is 0.408. The summed E-state index contributed by atoms with van der Waals surface area (Å²) in [7, 11) is 1.92. The number of rotatable bonds is 1. The van der Waals surface area contributed by atoms with Gasteiger partial charge in [0.15, 0.2) is 12.5 Å². The van der Waals surface area contributed by atoms with E-state index < -0.39 is 0 Å². The maximum atomic E-state index is 5.32. The molecule has 1 fully saturated rings. The molecule has 2 rings (SSSR count). The summed E-state index contributed by atoms with van der Waals surface area (Å²) in [6, 6.07) is 0. The van der Waals surface area contributed by atoms with E-state index in [-0.39, 0.29) is 30.3 Å². The predicted molar refractivity (Wildman–Crippen MR) is 40.1 cm³/mol. The van der Waals surface area contributed by atoms with E-state index in [4.69, 9.17) is 9.47 Å². The molecule has 0 saturated carbocycles. The molecule has 13 heavy (non-hydrogen) atoms. The predicted octanol–water partition coefficient (Wildman–Crippen LogP) is -3.04. The van der Waals surface area contributed by atoms with Crippen LogP contribution in [-0.2, 0) is 16.5 Å². The minimum atomic E-state index is -0.218. The minimum Gasteiger partial charge on any atom is -1.00 e. The van der Waals surface area contributed by atoms with Crippen LogP contribution in [0.25, 0.3) is 0 Å². The van der Waals surface area contributed by atoms with E-state index in [1.807, 2.05) is 17.8 Å². The molecule has 0 radical (unpaired) electrons. The summed E-state index contributed by atoms with van der Waals surface area (Å²) in [5.41, 5.74) is 0.970. The lowest BCUT2D eigenvalue weighted by Gasteiger charge is -2.05. The van der Waals surface area contributed by atoms with Crippen LogP contribution in [0.3, 0.4) is 0 Å². The average Bonchev–Trinajstić information content (AvgIpc) is 2.56. The van der Waals surface area contributed by atoms with Crippen molar-refractivity contribution in [3.8, 4) is 0 Å². The van der Waals surface area contributed by atoms with Crippen LogP contribution in [0, 0.1) is 0 Å². The van der Waals surface area contributed by atoms with E-state index in [9.17, 15) is 0 Å². The standard InChI is InChI=1S/C8H11N2O2.HI/c1-10-5-7(4-9-6-10)8-11-2-3-12-8;/h4-6,8H,2-3H2,1H3;1H/q+1;/p-1. The van der Waals surface area contributed by atoms with Crippen LogP contribution >= 0.6 is 0 Å². The molecule has 4 nitrogen and oxygen atoms in total. The highest BCUT2D eigenvalue weighted by molar-refractivity contribution is 5.02. The molecule has 0 unspecified atom stereocenters. The van der Waals surface area contributed by atoms with Crippen molar-refractivity contribution in [3.05, 3.63) is 24.3 Å². The summed E-state index contributed by atoms with van der Waals surface area (Å²) in [5.74, 6) is 0. The van der Waals surface area contributed by atoms with Gasteiger partial charge in [-0.25, -0.2) is 4.57 Å². The molecule has 1 aromatic heterocycles. The molecule has 0 aliphatic carbocycles. The number of aromatic nitrogens is 2. The van der Waals surface area contributed by atoms with Gasteiger partial charge in [0.1, 0.15) is 6.20 Å². The number of hydrogen-bond acceptors (Lipinski definition) is 3. The SMILES string of the molecule is C[n+]1cncc(C2OCCO2)c1.[I-]. The van der Waals surface area contributed by atoms with Crippen molar-refractivity contribution in [2.75, 3.05) is 13.2 Å². The number of nitrogens with zero attached hydrogens (tertiary/aromatic N) is 2. The van der Waals surface area contributed by atoms with E-state index in [1.165, 1.54) is 0 Å². The molecule has 0 N–H and O–H groups in total. The number of aryl methyl sites for hydroxylation is 1. The second-order valence-corrected chi connectivity index (χ2v) is 2.76. The zero-order valence-corrected chi connectivity index (χ0v) is 9.47. The third-order valence-electron chi connectivity index (χ3n) is 1.72. The third-order valence-corrected chi connectivity index (χ3v) is 1.72. The van der Waals surface area contributed by atoms with Crippen LogP contribution in [0.2, 0.25) is 0 Å². The van der Waals surface area contributed by atoms with Crippen LogP contribution < -0.4 is 28.5 Å². The van der Waals surface area contributed by atoms with Gasteiger partial charge in [0.05, 0.1) is 25.8 Å². The van der Waals surface area contributed by atoms with Crippen LogP contribution in [0.5, 0.6) is 0 Å². The molecule has 0 atom stereocenters. The zero-order chi connectivity index (χ0) is 8.39. The Bertz CT molecular complexity index is 277. The first-order valence-corrected chi connectivity index (χ1v) is 3.89. The Morgan fingerprint density at radius 1 is 1.46 bits per heavy atom. The largest absolute Gasteiger partial charge is 1.00 e. The molecule has 5 heteroatoms. The molecule has 1 aromatic rings. The van der Waals surface area contributed by atoms with Crippen molar-refractivity contribution < 1.29 is 38.0 Å². The lowest BCUT2D eigenvalue weighted by atomic mass is 10.3. The summed E-state index contributed by atoms with van der Waals surface area (Å²) < 4.78 is 12.5. The van der Waals surface area contributed by atoms with Crippen molar-refractivity contribution in [2.24, 2.45) is 7.05 Å². The molecule has 1 aliphatic rings. The van der Waals surface area contributed by atoms with Crippen LogP contribution in [0.15, 0.2) is 18.7 Å². The van der Waals surface area contributed by atoms with Crippen molar-refractivity contribution >= 4 is 0 Å². The number of hydrogen-bond donors (Lipinski definition) is 0. The van der Waals surface area contributed by atoms with Gasteiger partial charge in [0.25, 0.3) is 6.33 Å². The van der Waals surface area contributed by atoms with Gasteiger partial charge in [-0.1, -0.05) is 4.98 Å². The van der Waals surface area contributed by atoms with Gasteiger partial charge in [-0.15, -0.1) is 0 Å². The molecule has 2 heterocycles. The highest BCUT2D eigenvalue weighted by Gasteiger charge is 2.20. The Balaban J connectivity index is 0.000000845. The maximum absolute atomic E-state index is 5.32. The Labute approximate surface area is 93.9 Å². The van der Waals surface area contributed by atoms with Crippen molar-refractivity contribution in [2.45, 2.75) is 6.29 Å². The fourth-order valence-electron chi connectivity index (χ4n) is 1.20. The maximum Gasteiger partial charge on any atom is 0.285 e. The van der Waals surface area contributed by atoms with Crippen LogP contribution in [-0.4, -0.2) is 18.2 Å². The first-order chi connectivity index (χ1) is 5.86. The fraction of sp³-hybridized carbons (Fsp3) is 0.500. The first-order valence-electron chi connectivity index (χ1n) is 3.89. The van der Waals surface area contributed by atoms with Gasteiger partial charge in [0, 0.05) is 0 Å². The average molecular weight is 294 g/mol. The highest BCUT2D eigenvalue weighted by atomic mass is 127. The zero-order valence-electron chi connectivity index (χ0n) is 7.31. The van der Waals surface area contributed by atoms with Gasteiger partial charge >= 0.3 is 0 Å². The van der Waals surface area contributed by atoms with E-state index in [0.29, 0.717) is 13.2 Å². The molecule has 0 aromatic carbocycles. The Morgan fingerprint density at radius 3 is 2.77 bits per heavy atom. The third kappa shape index (κ3) is 2.58. The Hall–Kier alpha value is -0.270. The van der Waals surface area contributed by atoms with Crippen LogP contribution in [0.1, 0.15) is 11.9 Å². The van der Waals surface area contributed by atoms with Crippen molar-refractivity contribution in [1.29, 1.82) is 0 Å². The van der Waals surface area contributed by atoms with Crippen LogP contribution in [0.4, 0.5) is 0 Å². The molecular formula is C8H11IN2O2. The van der Waals surface area contributed by atoms with Gasteiger partial charge in [-0.05, 0) is 0 Å². The summed E-state index contributed by atoms with van der Waals surface area (Å²) in [6.45, 7) is 1.34. The Morgan fingerprint density at radius 2 is 2.15 bits per heavy atom. The minimum absolute atomic E-state index is 0. The van der Waals surface area contributed by atoms with E-state index >= 15 is 0 Å². The smallest absolute Gasteiger partial charge is 0.285 e. The second-order valence-electron chi connectivity index (χ2n) is 2.76. The van der Waals surface area contributed by atoms with E-state index in [2.05, 4.69) is 4.98 Å². The molecule has 0 bridgehead atoms. The lowest BCUT2D eigenvalue weighted by molar-refractivity contribution is -0.675. The number of halogens is 1. The normalized spacial score (nSPS) is 17.0. The van der Waals surface area contributed by atoms with Gasteiger partial charge in [-0.2, -0.15) is 0 Å². The van der Waals surface area contributed by atoms with Gasteiger partial charge in [-0.3, -0.25) is 0 Å². The topological polar surface area (TPSA) is 35.2 Å². The lowest BCUT2D eigenvalue weighted by Crippen LogP contribution is -3.00. The summed E-state index contributed by atoms with van der Waals surface area (Å²) in [4.78, 5) is 4.03.